The van der Waals surface area contributed by atoms with Crippen LogP contribution in [0.2, 0.25) is 0 Å². The first kappa shape index (κ1) is 13.7. The summed E-state index contributed by atoms with van der Waals surface area (Å²) in [6, 6.07) is 10.4. The topological polar surface area (TPSA) is 65.8 Å². The number of rotatable bonds is 2. The maximum Gasteiger partial charge on any atom is 0.256 e. The summed E-state index contributed by atoms with van der Waals surface area (Å²) in [5.74, 6) is 0.138. The Hall–Kier alpha value is -1.71. The Balaban J connectivity index is 2.18. The van der Waals surface area contributed by atoms with Crippen LogP contribution in [0.25, 0.3) is 0 Å². The first-order valence-corrected chi connectivity index (χ1v) is 6.80. The van der Waals surface area contributed by atoms with E-state index in [0.29, 0.717) is 16.9 Å². The molecule has 2 aromatic rings. The van der Waals surface area contributed by atoms with Gasteiger partial charge in [-0.3, -0.25) is 4.79 Å². The van der Waals surface area contributed by atoms with Crippen LogP contribution in [0.5, 0.6) is 0 Å². The number of amides is 1. The molecule has 1 N–H and O–H groups in total. The Morgan fingerprint density at radius 1 is 1.21 bits per heavy atom. The van der Waals surface area contributed by atoms with Crippen LogP contribution in [-0.4, -0.2) is 10.9 Å². The zero-order valence-corrected chi connectivity index (χ0v) is 12.7. The van der Waals surface area contributed by atoms with Gasteiger partial charge in [-0.15, -0.1) is 0 Å². The molecule has 0 aliphatic rings. The number of anilines is 1. The van der Waals surface area contributed by atoms with Gasteiger partial charge in [0.2, 0.25) is 0 Å². The van der Waals surface area contributed by atoms with Gasteiger partial charge in [-0.1, -0.05) is 31.9 Å². The smallest absolute Gasteiger partial charge is 0.256 e. The molecule has 0 aliphatic carbocycles. The van der Waals surface area contributed by atoms with E-state index >= 15 is 0 Å². The first-order chi connectivity index (χ1) is 9.08. The monoisotopic (exact) mass is 379 g/mol. The lowest BCUT2D eigenvalue weighted by atomic mass is 10.2. The van der Waals surface area contributed by atoms with Crippen molar-refractivity contribution in [1.82, 2.24) is 4.98 Å². The summed E-state index contributed by atoms with van der Waals surface area (Å²) in [6.07, 6.45) is 1.41. The molecular formula is C13H7Br2N3O. The number of carbonyl (C=O) groups is 1. The molecule has 19 heavy (non-hydrogen) atoms. The van der Waals surface area contributed by atoms with Gasteiger partial charge >= 0.3 is 0 Å². The minimum Gasteiger partial charge on any atom is -0.307 e. The second-order valence-corrected chi connectivity index (χ2v) is 5.49. The second kappa shape index (κ2) is 5.95. The number of nitrogens with zero attached hydrogens (tertiary/aromatic N) is 2. The summed E-state index contributed by atoms with van der Waals surface area (Å²) in [6.45, 7) is 0. The van der Waals surface area contributed by atoms with Crippen molar-refractivity contribution in [1.29, 1.82) is 5.26 Å². The normalized spacial score (nSPS) is 9.74. The van der Waals surface area contributed by atoms with Gasteiger partial charge in [0.15, 0.2) is 0 Å². The van der Waals surface area contributed by atoms with E-state index in [0.717, 1.165) is 8.95 Å². The van der Waals surface area contributed by atoms with Crippen molar-refractivity contribution < 1.29 is 4.79 Å². The van der Waals surface area contributed by atoms with Crippen molar-refractivity contribution >= 4 is 43.6 Å². The van der Waals surface area contributed by atoms with Gasteiger partial charge in [-0.25, -0.2) is 4.98 Å². The van der Waals surface area contributed by atoms with E-state index in [4.69, 9.17) is 5.26 Å². The molecule has 1 heterocycles. The van der Waals surface area contributed by atoms with E-state index in [1.165, 1.54) is 6.20 Å². The number of carbonyl (C=O) groups excluding carboxylic acids is 1. The number of halogens is 2. The fourth-order valence-corrected chi connectivity index (χ4v) is 2.70. The van der Waals surface area contributed by atoms with Crippen molar-refractivity contribution in [3.05, 3.63) is 56.6 Å². The van der Waals surface area contributed by atoms with E-state index in [1.807, 2.05) is 12.1 Å². The SMILES string of the molecule is N#Cc1ccc(NC(=O)c2cc(Br)cc(Br)c2)nc1. The Morgan fingerprint density at radius 3 is 2.42 bits per heavy atom. The highest BCUT2D eigenvalue weighted by atomic mass is 79.9. The van der Waals surface area contributed by atoms with Crippen molar-refractivity contribution in [2.45, 2.75) is 0 Å². The molecule has 1 aromatic carbocycles. The number of nitriles is 1. The van der Waals surface area contributed by atoms with Gasteiger partial charge < -0.3 is 5.32 Å². The second-order valence-electron chi connectivity index (χ2n) is 3.66. The van der Waals surface area contributed by atoms with Gasteiger partial charge in [0.05, 0.1) is 5.56 Å². The van der Waals surface area contributed by atoms with Crippen molar-refractivity contribution in [3.8, 4) is 6.07 Å². The molecule has 0 saturated heterocycles. The summed E-state index contributed by atoms with van der Waals surface area (Å²) in [4.78, 5) is 16.0. The van der Waals surface area contributed by atoms with Crippen LogP contribution in [0.1, 0.15) is 15.9 Å². The summed E-state index contributed by atoms with van der Waals surface area (Å²) >= 11 is 6.65. The molecule has 4 nitrogen and oxygen atoms in total. The van der Waals surface area contributed by atoms with E-state index in [1.54, 1.807) is 24.3 Å². The molecule has 1 aromatic heterocycles. The molecule has 6 heteroatoms. The van der Waals surface area contributed by atoms with Gasteiger partial charge in [0.25, 0.3) is 5.91 Å². The molecule has 0 bridgehead atoms. The zero-order valence-electron chi connectivity index (χ0n) is 9.52. The van der Waals surface area contributed by atoms with Crippen molar-refractivity contribution in [2.24, 2.45) is 0 Å². The minimum absolute atomic E-state index is 0.265. The van der Waals surface area contributed by atoms with Gasteiger partial charge in [0.1, 0.15) is 11.9 Å². The fourth-order valence-electron chi connectivity index (χ4n) is 1.41. The number of hydrogen-bond donors (Lipinski definition) is 1. The number of benzene rings is 1. The molecule has 0 atom stereocenters. The van der Waals surface area contributed by atoms with E-state index < -0.39 is 0 Å². The lowest BCUT2D eigenvalue weighted by molar-refractivity contribution is 0.102. The third-order valence-electron chi connectivity index (χ3n) is 2.26. The fraction of sp³-hybridized carbons (Fsp3) is 0. The molecule has 0 unspecified atom stereocenters. The highest BCUT2D eigenvalue weighted by Crippen LogP contribution is 2.20. The molecule has 2 rings (SSSR count). The molecule has 0 aliphatic heterocycles. The lowest BCUT2D eigenvalue weighted by Crippen LogP contribution is -2.12. The molecular weight excluding hydrogens is 374 g/mol. The number of nitrogens with one attached hydrogen (secondary N) is 1. The summed E-state index contributed by atoms with van der Waals surface area (Å²) in [5, 5.41) is 11.3. The number of hydrogen-bond acceptors (Lipinski definition) is 3. The Morgan fingerprint density at radius 2 is 1.89 bits per heavy atom. The maximum absolute atomic E-state index is 12.0. The first-order valence-electron chi connectivity index (χ1n) is 5.22. The van der Waals surface area contributed by atoms with Crippen LogP contribution in [0.15, 0.2) is 45.5 Å². The Labute approximate surface area is 126 Å². The van der Waals surface area contributed by atoms with Gasteiger partial charge in [-0.05, 0) is 30.3 Å². The highest BCUT2D eigenvalue weighted by Gasteiger charge is 2.08. The van der Waals surface area contributed by atoms with Crippen LogP contribution in [0.4, 0.5) is 5.82 Å². The number of pyridine rings is 1. The molecule has 0 spiro atoms. The molecule has 0 saturated carbocycles. The third-order valence-corrected chi connectivity index (χ3v) is 3.17. The van der Waals surface area contributed by atoms with Crippen LogP contribution in [0.3, 0.4) is 0 Å². The molecule has 0 radical (unpaired) electrons. The Kier molecular flexibility index (Phi) is 4.30. The summed E-state index contributed by atoms with van der Waals surface area (Å²) in [7, 11) is 0. The van der Waals surface area contributed by atoms with Gasteiger partial charge in [0, 0.05) is 20.7 Å². The predicted octanol–water partition coefficient (Wildman–Crippen LogP) is 3.73. The molecule has 1 amide bonds. The Bertz CT molecular complexity index is 642. The van der Waals surface area contributed by atoms with Crippen molar-refractivity contribution in [2.75, 3.05) is 5.32 Å². The predicted molar refractivity (Wildman–Crippen MR) is 78.7 cm³/mol. The molecule has 0 fully saturated rings. The highest BCUT2D eigenvalue weighted by molar-refractivity contribution is 9.11. The molecule has 94 valence electrons. The average molecular weight is 381 g/mol. The summed E-state index contributed by atoms with van der Waals surface area (Å²) < 4.78 is 1.61. The van der Waals surface area contributed by atoms with Crippen LogP contribution in [-0.2, 0) is 0 Å². The summed E-state index contributed by atoms with van der Waals surface area (Å²) in [5.41, 5.74) is 0.954. The largest absolute Gasteiger partial charge is 0.307 e. The minimum atomic E-state index is -0.265. The maximum atomic E-state index is 12.0. The average Bonchev–Trinajstić information content (AvgIpc) is 2.38. The standard InChI is InChI=1S/C13H7Br2N3O/c14-10-3-9(4-11(15)5-10)13(19)18-12-2-1-8(6-16)7-17-12/h1-5,7H,(H,17,18,19). The van der Waals surface area contributed by atoms with Crippen LogP contribution >= 0.6 is 31.9 Å². The van der Waals surface area contributed by atoms with E-state index in [2.05, 4.69) is 42.2 Å². The lowest BCUT2D eigenvalue weighted by Gasteiger charge is -2.05. The zero-order chi connectivity index (χ0) is 13.8. The van der Waals surface area contributed by atoms with E-state index in [-0.39, 0.29) is 5.91 Å². The van der Waals surface area contributed by atoms with Crippen LogP contribution < -0.4 is 5.32 Å². The van der Waals surface area contributed by atoms with E-state index in [9.17, 15) is 4.79 Å². The van der Waals surface area contributed by atoms with Crippen molar-refractivity contribution in [3.63, 3.8) is 0 Å². The van der Waals surface area contributed by atoms with Crippen LogP contribution in [0, 0.1) is 11.3 Å². The quantitative estimate of drug-likeness (QED) is 0.863. The third kappa shape index (κ3) is 3.63. The number of aromatic nitrogens is 1. The van der Waals surface area contributed by atoms with Gasteiger partial charge in [-0.2, -0.15) is 5.26 Å².